The lowest BCUT2D eigenvalue weighted by Crippen LogP contribution is -2.32. The molecule has 6 N–H and O–H groups in total. The van der Waals surface area contributed by atoms with Crippen molar-refractivity contribution in [1.82, 2.24) is 5.06 Å². The molecule has 0 aromatic rings. The molecule has 0 aromatic heterocycles. The number of aliphatic carboxylic acids is 2. The maximum atomic E-state index is 10.4. The third kappa shape index (κ3) is 9.63. The molecule has 0 saturated heterocycles. The number of nitrogens with zero attached hydrogens (tertiary/aromatic N) is 1. The van der Waals surface area contributed by atoms with E-state index in [1.807, 2.05) is 0 Å². The van der Waals surface area contributed by atoms with E-state index in [1.54, 1.807) is 0 Å². The molecule has 1 saturated carbocycles. The van der Waals surface area contributed by atoms with Crippen LogP contribution in [0, 0.1) is 5.92 Å². The van der Waals surface area contributed by atoms with E-state index in [-0.39, 0.29) is 5.06 Å². The molecule has 1 aliphatic carbocycles. The first-order valence-electron chi connectivity index (χ1n) is 6.63. The first-order chi connectivity index (χ1) is 9.73. The third-order valence-electron chi connectivity index (χ3n) is 3.14. The quantitative estimate of drug-likeness (QED) is 0.368. The molecule has 1 fully saturated rings. The Morgan fingerprint density at radius 1 is 1.10 bits per heavy atom. The summed E-state index contributed by atoms with van der Waals surface area (Å²) < 4.78 is 0. The fourth-order valence-electron chi connectivity index (χ4n) is 2.08. The van der Waals surface area contributed by atoms with Crippen molar-refractivity contribution in [3.05, 3.63) is 0 Å². The average Bonchev–Trinajstić information content (AvgIpc) is 2.39. The van der Waals surface area contributed by atoms with E-state index in [2.05, 4.69) is 0 Å². The SMILES string of the molecule is NC(CC1CCCCC1)C(=O)O.O=C(O)CN(O)C(=O)O. The Morgan fingerprint density at radius 3 is 1.95 bits per heavy atom. The van der Waals surface area contributed by atoms with Crippen LogP contribution in [-0.4, -0.2) is 56.2 Å². The maximum Gasteiger partial charge on any atom is 0.431 e. The van der Waals surface area contributed by atoms with Crippen molar-refractivity contribution in [3.8, 4) is 0 Å². The average molecular weight is 306 g/mol. The molecule has 1 unspecified atom stereocenters. The Morgan fingerprint density at radius 2 is 1.62 bits per heavy atom. The van der Waals surface area contributed by atoms with E-state index in [0.29, 0.717) is 12.3 Å². The predicted octanol–water partition coefficient (Wildman–Crippen LogP) is 0.809. The molecule has 9 nitrogen and oxygen atoms in total. The van der Waals surface area contributed by atoms with Gasteiger partial charge in [-0.3, -0.25) is 14.8 Å². The molecule has 0 bridgehead atoms. The Kier molecular flexibility index (Phi) is 9.06. The minimum Gasteiger partial charge on any atom is -0.480 e. The second-order valence-electron chi connectivity index (χ2n) is 4.92. The van der Waals surface area contributed by atoms with Crippen LogP contribution in [-0.2, 0) is 9.59 Å². The highest BCUT2D eigenvalue weighted by Gasteiger charge is 2.20. The highest BCUT2D eigenvalue weighted by atomic mass is 16.6. The van der Waals surface area contributed by atoms with Gasteiger partial charge in [0.2, 0.25) is 0 Å². The molecule has 1 aliphatic rings. The van der Waals surface area contributed by atoms with Crippen molar-refractivity contribution in [2.24, 2.45) is 11.7 Å². The van der Waals surface area contributed by atoms with Gasteiger partial charge < -0.3 is 21.1 Å². The van der Waals surface area contributed by atoms with Gasteiger partial charge in [0.15, 0.2) is 0 Å². The molecule has 0 spiro atoms. The molecule has 0 radical (unpaired) electrons. The lowest BCUT2D eigenvalue weighted by Gasteiger charge is -2.22. The minimum atomic E-state index is -1.68. The van der Waals surface area contributed by atoms with Crippen molar-refractivity contribution in [2.75, 3.05) is 6.54 Å². The van der Waals surface area contributed by atoms with E-state index < -0.39 is 30.6 Å². The first-order valence-corrected chi connectivity index (χ1v) is 6.63. The van der Waals surface area contributed by atoms with Crippen LogP contribution in [0.25, 0.3) is 0 Å². The number of hydroxylamine groups is 2. The summed E-state index contributed by atoms with van der Waals surface area (Å²) in [6, 6.07) is -0.645. The fraction of sp³-hybridized carbons (Fsp3) is 0.750. The van der Waals surface area contributed by atoms with E-state index in [9.17, 15) is 14.4 Å². The monoisotopic (exact) mass is 306 g/mol. The van der Waals surface area contributed by atoms with E-state index in [4.69, 9.17) is 26.3 Å². The number of hydrogen-bond acceptors (Lipinski definition) is 5. The molecule has 0 heterocycles. The summed E-state index contributed by atoms with van der Waals surface area (Å²) in [5.41, 5.74) is 5.45. The van der Waals surface area contributed by atoms with Crippen LogP contribution in [0.2, 0.25) is 0 Å². The predicted molar refractivity (Wildman–Crippen MR) is 71.0 cm³/mol. The number of amides is 1. The summed E-state index contributed by atoms with van der Waals surface area (Å²) in [6.07, 6.45) is 5.11. The van der Waals surface area contributed by atoms with Crippen LogP contribution in [0.5, 0.6) is 0 Å². The normalized spacial score (nSPS) is 16.3. The van der Waals surface area contributed by atoms with Crippen LogP contribution in [0.15, 0.2) is 0 Å². The minimum absolute atomic E-state index is 0.317. The molecule has 21 heavy (non-hydrogen) atoms. The Hall–Kier alpha value is -1.87. The van der Waals surface area contributed by atoms with Crippen molar-refractivity contribution in [3.63, 3.8) is 0 Å². The molecule has 1 atom stereocenters. The Balaban J connectivity index is 0.000000400. The summed E-state index contributed by atoms with van der Waals surface area (Å²) in [6.45, 7) is -0.921. The molecule has 1 rings (SSSR count). The van der Waals surface area contributed by atoms with Crippen LogP contribution in [0.1, 0.15) is 38.5 Å². The maximum absolute atomic E-state index is 10.4. The van der Waals surface area contributed by atoms with Crippen molar-refractivity contribution < 1.29 is 34.9 Å². The van der Waals surface area contributed by atoms with Gasteiger partial charge in [-0.15, -0.1) is 0 Å². The molecular weight excluding hydrogens is 284 g/mol. The lowest BCUT2D eigenvalue weighted by molar-refractivity contribution is -0.147. The van der Waals surface area contributed by atoms with Crippen LogP contribution < -0.4 is 5.73 Å². The van der Waals surface area contributed by atoms with Crippen LogP contribution in [0.4, 0.5) is 4.79 Å². The Bertz CT molecular complexity index is 356. The smallest absolute Gasteiger partial charge is 0.431 e. The molecular formula is C12H22N2O7. The van der Waals surface area contributed by atoms with Crippen molar-refractivity contribution in [1.29, 1.82) is 0 Å². The van der Waals surface area contributed by atoms with Gasteiger partial charge in [-0.2, -0.15) is 5.06 Å². The van der Waals surface area contributed by atoms with Crippen LogP contribution >= 0.6 is 0 Å². The molecule has 1 amide bonds. The number of nitrogens with two attached hydrogens (primary N) is 1. The summed E-state index contributed by atoms with van der Waals surface area (Å²) in [7, 11) is 0. The third-order valence-corrected chi connectivity index (χ3v) is 3.14. The summed E-state index contributed by atoms with van der Waals surface area (Å²) in [5.74, 6) is -1.70. The van der Waals surface area contributed by atoms with Gasteiger partial charge in [0.05, 0.1) is 0 Å². The van der Waals surface area contributed by atoms with E-state index >= 15 is 0 Å². The molecule has 9 heteroatoms. The van der Waals surface area contributed by atoms with Gasteiger partial charge in [0.1, 0.15) is 12.6 Å². The Labute approximate surface area is 121 Å². The number of rotatable bonds is 5. The first kappa shape index (κ1) is 19.1. The van der Waals surface area contributed by atoms with Crippen LogP contribution in [0.3, 0.4) is 0 Å². The van der Waals surface area contributed by atoms with Gasteiger partial charge in [0.25, 0.3) is 0 Å². The molecule has 0 aliphatic heterocycles. The van der Waals surface area contributed by atoms with Gasteiger partial charge in [-0.25, -0.2) is 4.79 Å². The fourth-order valence-corrected chi connectivity index (χ4v) is 2.08. The highest BCUT2D eigenvalue weighted by Crippen LogP contribution is 2.26. The second-order valence-corrected chi connectivity index (χ2v) is 4.92. The van der Waals surface area contributed by atoms with E-state index in [1.165, 1.54) is 32.1 Å². The van der Waals surface area contributed by atoms with Gasteiger partial charge in [-0.1, -0.05) is 32.1 Å². The number of carboxylic acid groups (broad SMARTS) is 3. The molecule has 122 valence electrons. The van der Waals surface area contributed by atoms with Gasteiger partial charge in [-0.05, 0) is 12.3 Å². The zero-order valence-electron chi connectivity index (χ0n) is 11.6. The highest BCUT2D eigenvalue weighted by molar-refractivity contribution is 5.74. The van der Waals surface area contributed by atoms with E-state index in [0.717, 1.165) is 0 Å². The summed E-state index contributed by atoms with van der Waals surface area (Å²) >= 11 is 0. The lowest BCUT2D eigenvalue weighted by atomic mass is 9.85. The van der Waals surface area contributed by atoms with Gasteiger partial charge in [0, 0.05) is 0 Å². The molecule has 0 aromatic carbocycles. The summed E-state index contributed by atoms with van der Waals surface area (Å²) in [5, 5.41) is 32.1. The number of hydrogen-bond donors (Lipinski definition) is 5. The number of carbonyl (C=O) groups is 3. The zero-order chi connectivity index (χ0) is 16.4. The summed E-state index contributed by atoms with van der Waals surface area (Å²) in [4.78, 5) is 29.7. The number of carboxylic acids is 2. The standard InChI is InChI=1S/C9H17NO2.C3H5NO5/c10-8(9(11)12)6-7-4-2-1-3-5-7;5-2(6)1-4(9)3(7)8/h7-8H,1-6,10H2,(H,11,12);9H,1H2,(H,5,6)(H,7,8). The largest absolute Gasteiger partial charge is 0.480 e. The topological polar surface area (TPSA) is 161 Å². The van der Waals surface area contributed by atoms with Crippen molar-refractivity contribution >= 4 is 18.0 Å². The zero-order valence-corrected chi connectivity index (χ0v) is 11.6. The second kappa shape index (κ2) is 9.94. The van der Waals surface area contributed by atoms with Gasteiger partial charge >= 0.3 is 18.0 Å². The van der Waals surface area contributed by atoms with Crippen molar-refractivity contribution in [2.45, 2.75) is 44.6 Å².